The zero-order chi connectivity index (χ0) is 13.4. The van der Waals surface area contributed by atoms with Crippen LogP contribution in [0.1, 0.15) is 12.8 Å². The van der Waals surface area contributed by atoms with Gasteiger partial charge in [-0.25, -0.2) is 0 Å². The van der Waals surface area contributed by atoms with E-state index in [9.17, 15) is 9.59 Å². The first-order valence-electron chi connectivity index (χ1n) is 6.12. The summed E-state index contributed by atoms with van der Waals surface area (Å²) in [5, 5.41) is 3.23. The lowest BCUT2D eigenvalue weighted by Crippen LogP contribution is -2.39. The molecule has 0 radical (unpaired) electrons. The average molecular weight is 255 g/mol. The Morgan fingerprint density at radius 2 is 1.94 bits per heavy atom. The van der Waals surface area contributed by atoms with Crippen LogP contribution >= 0.6 is 0 Å². The van der Waals surface area contributed by atoms with E-state index >= 15 is 0 Å². The van der Waals surface area contributed by atoms with Crippen LogP contribution in [0.15, 0.2) is 22.0 Å². The van der Waals surface area contributed by atoms with Gasteiger partial charge in [0, 0.05) is 39.6 Å². The third kappa shape index (κ3) is 4.46. The molecule has 0 saturated heterocycles. The van der Waals surface area contributed by atoms with E-state index < -0.39 is 11.1 Å². The van der Waals surface area contributed by atoms with Crippen molar-refractivity contribution in [2.24, 2.45) is 7.05 Å². The highest BCUT2D eigenvalue weighted by molar-refractivity contribution is 4.84. The molecule has 0 aliphatic heterocycles. The van der Waals surface area contributed by atoms with E-state index in [-0.39, 0.29) is 0 Å². The normalized spacial score (nSPS) is 10.8. The molecule has 1 aromatic heterocycles. The maximum absolute atomic E-state index is 11.6. The third-order valence-electron chi connectivity index (χ3n) is 2.72. The van der Waals surface area contributed by atoms with Crippen molar-refractivity contribution in [2.75, 3.05) is 26.8 Å². The van der Waals surface area contributed by atoms with Gasteiger partial charge in [-0.2, -0.15) is 0 Å². The zero-order valence-electron chi connectivity index (χ0n) is 11.0. The highest BCUT2D eigenvalue weighted by Crippen LogP contribution is 1.90. The van der Waals surface area contributed by atoms with Crippen LogP contribution in [-0.4, -0.2) is 35.9 Å². The Balaban J connectivity index is 2.30. The fourth-order valence-corrected chi connectivity index (χ4v) is 1.60. The first-order valence-corrected chi connectivity index (χ1v) is 6.12. The van der Waals surface area contributed by atoms with Crippen molar-refractivity contribution in [3.8, 4) is 0 Å². The number of methoxy groups -OCH3 is 1. The number of nitrogens with zero attached hydrogens (tertiary/aromatic N) is 2. The molecule has 0 amide bonds. The summed E-state index contributed by atoms with van der Waals surface area (Å²) in [5.41, 5.74) is -0.928. The number of nitrogens with one attached hydrogen (secondary N) is 1. The van der Waals surface area contributed by atoms with Crippen molar-refractivity contribution >= 4 is 0 Å². The van der Waals surface area contributed by atoms with Crippen molar-refractivity contribution in [3.05, 3.63) is 33.1 Å². The van der Waals surface area contributed by atoms with Gasteiger partial charge >= 0.3 is 11.1 Å². The molecule has 1 N–H and O–H groups in total. The highest BCUT2D eigenvalue weighted by atomic mass is 16.5. The number of rotatable bonds is 8. The van der Waals surface area contributed by atoms with Gasteiger partial charge in [-0.15, -0.1) is 0 Å². The molecule has 0 saturated carbocycles. The molecule has 102 valence electrons. The summed E-state index contributed by atoms with van der Waals surface area (Å²) < 4.78 is 7.68. The van der Waals surface area contributed by atoms with E-state index in [0.29, 0.717) is 13.2 Å². The number of aryl methyl sites for hydroxylation is 2. The molecule has 18 heavy (non-hydrogen) atoms. The van der Waals surface area contributed by atoms with Crippen LogP contribution in [0.5, 0.6) is 0 Å². The summed E-state index contributed by atoms with van der Waals surface area (Å²) in [6.45, 7) is 3.01. The summed E-state index contributed by atoms with van der Waals surface area (Å²) in [6.07, 6.45) is 5.10. The fraction of sp³-hybridized carbons (Fsp3) is 0.667. The van der Waals surface area contributed by atoms with Gasteiger partial charge in [0.2, 0.25) is 0 Å². The van der Waals surface area contributed by atoms with Gasteiger partial charge in [-0.1, -0.05) is 0 Å². The summed E-state index contributed by atoms with van der Waals surface area (Å²) in [6, 6.07) is 0. The average Bonchev–Trinajstić information content (AvgIpc) is 2.37. The van der Waals surface area contributed by atoms with Gasteiger partial charge in [0.15, 0.2) is 0 Å². The minimum Gasteiger partial charge on any atom is -0.383 e. The lowest BCUT2D eigenvalue weighted by atomic mass is 10.3. The van der Waals surface area contributed by atoms with E-state index in [1.54, 1.807) is 26.6 Å². The van der Waals surface area contributed by atoms with Crippen molar-refractivity contribution in [1.82, 2.24) is 14.5 Å². The Morgan fingerprint density at radius 1 is 1.17 bits per heavy atom. The maximum Gasteiger partial charge on any atom is 0.316 e. The van der Waals surface area contributed by atoms with Gasteiger partial charge in [-0.3, -0.25) is 9.59 Å². The lowest BCUT2D eigenvalue weighted by molar-refractivity contribution is 0.199. The number of aromatic nitrogens is 2. The predicted octanol–water partition coefficient (Wildman–Crippen LogP) is -0.437. The molecule has 1 aromatic rings. The molecule has 0 aromatic carbocycles. The van der Waals surface area contributed by atoms with Crippen LogP contribution in [0.3, 0.4) is 0 Å². The molecule has 0 spiro atoms. The molecule has 0 aliphatic carbocycles. The number of ether oxygens (including phenoxy) is 1. The van der Waals surface area contributed by atoms with E-state index in [2.05, 4.69) is 5.32 Å². The molecule has 6 heteroatoms. The van der Waals surface area contributed by atoms with Crippen LogP contribution in [-0.2, 0) is 18.3 Å². The maximum atomic E-state index is 11.6. The summed E-state index contributed by atoms with van der Waals surface area (Å²) in [4.78, 5) is 23.0. The van der Waals surface area contributed by atoms with Crippen LogP contribution < -0.4 is 16.4 Å². The topological polar surface area (TPSA) is 65.3 Å². The van der Waals surface area contributed by atoms with Crippen LogP contribution in [0.2, 0.25) is 0 Å². The zero-order valence-corrected chi connectivity index (χ0v) is 11.0. The van der Waals surface area contributed by atoms with Crippen LogP contribution in [0.25, 0.3) is 0 Å². The van der Waals surface area contributed by atoms with Gasteiger partial charge in [0.1, 0.15) is 0 Å². The van der Waals surface area contributed by atoms with E-state index in [4.69, 9.17) is 4.74 Å². The van der Waals surface area contributed by atoms with Crippen LogP contribution in [0, 0.1) is 0 Å². The second-order valence-electron chi connectivity index (χ2n) is 4.16. The number of unbranched alkanes of at least 4 members (excludes halogenated alkanes) is 1. The Hall–Kier alpha value is -1.40. The fourth-order valence-electron chi connectivity index (χ4n) is 1.60. The molecule has 0 fully saturated rings. The molecule has 0 aliphatic rings. The van der Waals surface area contributed by atoms with E-state index in [1.165, 1.54) is 9.13 Å². The molecule has 1 rings (SSSR count). The Kier molecular flexibility index (Phi) is 6.38. The number of hydrogen-bond acceptors (Lipinski definition) is 4. The minimum absolute atomic E-state index is 0.452. The van der Waals surface area contributed by atoms with Gasteiger partial charge in [0.05, 0.1) is 6.61 Å². The van der Waals surface area contributed by atoms with E-state index in [0.717, 1.165) is 25.9 Å². The molecular formula is C12H21N3O3. The Labute approximate surface area is 106 Å². The Bertz CT molecular complexity index is 464. The largest absolute Gasteiger partial charge is 0.383 e. The quantitative estimate of drug-likeness (QED) is 0.505. The molecular weight excluding hydrogens is 234 g/mol. The molecule has 0 atom stereocenters. The second-order valence-corrected chi connectivity index (χ2v) is 4.16. The van der Waals surface area contributed by atoms with Gasteiger partial charge in [0.25, 0.3) is 0 Å². The van der Waals surface area contributed by atoms with Crippen molar-refractivity contribution in [1.29, 1.82) is 0 Å². The first kappa shape index (κ1) is 14.7. The standard InChI is InChI=1S/C12H21N3O3/c1-14-8-9-15(12(17)11(14)16)7-4-3-5-13-6-10-18-2/h8-9,13H,3-7,10H2,1-2H3. The summed E-state index contributed by atoms with van der Waals surface area (Å²) in [7, 11) is 3.25. The predicted molar refractivity (Wildman–Crippen MR) is 69.9 cm³/mol. The van der Waals surface area contributed by atoms with Crippen molar-refractivity contribution < 1.29 is 4.74 Å². The minimum atomic E-state index is -0.476. The van der Waals surface area contributed by atoms with Crippen LogP contribution in [0.4, 0.5) is 0 Å². The molecule has 6 nitrogen and oxygen atoms in total. The SMILES string of the molecule is COCCNCCCCn1ccn(C)c(=O)c1=O. The second kappa shape index (κ2) is 7.84. The lowest BCUT2D eigenvalue weighted by Gasteiger charge is -2.06. The van der Waals surface area contributed by atoms with Crippen molar-refractivity contribution in [2.45, 2.75) is 19.4 Å². The highest BCUT2D eigenvalue weighted by Gasteiger charge is 2.01. The summed E-state index contributed by atoms with van der Waals surface area (Å²) >= 11 is 0. The third-order valence-corrected chi connectivity index (χ3v) is 2.72. The Morgan fingerprint density at radius 3 is 2.67 bits per heavy atom. The number of hydrogen-bond donors (Lipinski definition) is 1. The molecule has 0 unspecified atom stereocenters. The van der Waals surface area contributed by atoms with Crippen molar-refractivity contribution in [3.63, 3.8) is 0 Å². The van der Waals surface area contributed by atoms with Gasteiger partial charge < -0.3 is 19.2 Å². The monoisotopic (exact) mass is 255 g/mol. The smallest absolute Gasteiger partial charge is 0.316 e. The molecule has 0 bridgehead atoms. The first-order chi connectivity index (χ1) is 8.66. The molecule has 1 heterocycles. The summed E-state index contributed by atoms with van der Waals surface area (Å²) in [5.74, 6) is 0. The van der Waals surface area contributed by atoms with E-state index in [1.807, 2.05) is 0 Å². The van der Waals surface area contributed by atoms with Gasteiger partial charge in [-0.05, 0) is 19.4 Å².